The number of carbonyl (C=O) groups is 1. The Morgan fingerprint density at radius 2 is 2.44 bits per heavy atom. The molecule has 0 fully saturated rings. The minimum absolute atomic E-state index is 0.0262. The van der Waals surface area contributed by atoms with Gasteiger partial charge < -0.3 is 10.4 Å². The first kappa shape index (κ1) is 12.9. The van der Waals surface area contributed by atoms with Crippen molar-refractivity contribution in [2.24, 2.45) is 0 Å². The third-order valence-corrected chi connectivity index (χ3v) is 2.62. The lowest BCUT2D eigenvalue weighted by atomic mass is 10.1. The number of aliphatic hydroxyl groups is 1. The molecule has 1 aromatic rings. The number of aliphatic hydroxyl groups excluding tert-OH is 1. The van der Waals surface area contributed by atoms with Crippen LogP contribution in [0.15, 0.2) is 18.5 Å². The van der Waals surface area contributed by atoms with Gasteiger partial charge in [0.2, 0.25) is 0 Å². The lowest BCUT2D eigenvalue weighted by Crippen LogP contribution is -2.35. The molecule has 1 rings (SSSR count). The first-order chi connectivity index (χ1) is 7.69. The monoisotopic (exact) mass is 242 g/mol. The number of nitrogens with zero attached hydrogens (tertiary/aromatic N) is 1. The summed E-state index contributed by atoms with van der Waals surface area (Å²) < 4.78 is 0. The molecule has 1 amide bonds. The second-order valence-corrected chi connectivity index (χ2v) is 3.85. The molecule has 1 unspecified atom stereocenters. The standard InChI is InChI=1S/C11H15ClN2O2/c1-2-8(4-6-15)14-11(16)9-3-5-13-7-10(9)12/h3,5,7-8,15H,2,4,6H2,1H3,(H,14,16). The van der Waals surface area contributed by atoms with E-state index in [9.17, 15) is 4.79 Å². The highest BCUT2D eigenvalue weighted by molar-refractivity contribution is 6.33. The van der Waals surface area contributed by atoms with Gasteiger partial charge in [-0.05, 0) is 18.9 Å². The van der Waals surface area contributed by atoms with E-state index in [2.05, 4.69) is 10.3 Å². The van der Waals surface area contributed by atoms with Crippen molar-refractivity contribution >= 4 is 17.5 Å². The summed E-state index contributed by atoms with van der Waals surface area (Å²) in [4.78, 5) is 15.6. The Morgan fingerprint density at radius 1 is 1.69 bits per heavy atom. The zero-order valence-corrected chi connectivity index (χ0v) is 9.87. The fourth-order valence-electron chi connectivity index (χ4n) is 1.36. The van der Waals surface area contributed by atoms with Gasteiger partial charge in [-0.3, -0.25) is 9.78 Å². The number of hydrogen-bond acceptors (Lipinski definition) is 3. The predicted molar refractivity (Wildman–Crippen MR) is 62.5 cm³/mol. The summed E-state index contributed by atoms with van der Waals surface area (Å²) in [6.07, 6.45) is 4.27. The van der Waals surface area contributed by atoms with Gasteiger partial charge in [0, 0.05) is 25.0 Å². The van der Waals surface area contributed by atoms with Crippen LogP contribution in [0.1, 0.15) is 30.1 Å². The van der Waals surface area contributed by atoms with Crippen molar-refractivity contribution in [3.8, 4) is 0 Å². The van der Waals surface area contributed by atoms with Gasteiger partial charge in [-0.2, -0.15) is 0 Å². The Hall–Kier alpha value is -1.13. The van der Waals surface area contributed by atoms with Crippen molar-refractivity contribution in [1.82, 2.24) is 10.3 Å². The SMILES string of the molecule is CCC(CCO)NC(=O)c1ccncc1Cl. The summed E-state index contributed by atoms with van der Waals surface area (Å²) in [5.41, 5.74) is 0.410. The van der Waals surface area contributed by atoms with Crippen LogP contribution in [-0.4, -0.2) is 28.6 Å². The average molecular weight is 243 g/mol. The Labute approximate surface area is 99.6 Å². The van der Waals surface area contributed by atoms with E-state index in [4.69, 9.17) is 16.7 Å². The number of aromatic nitrogens is 1. The lowest BCUT2D eigenvalue weighted by molar-refractivity contribution is 0.0929. The Morgan fingerprint density at radius 3 is 3.00 bits per heavy atom. The first-order valence-electron chi connectivity index (χ1n) is 5.20. The number of carbonyl (C=O) groups excluding carboxylic acids is 1. The summed E-state index contributed by atoms with van der Waals surface area (Å²) in [6.45, 7) is 2.01. The lowest BCUT2D eigenvalue weighted by Gasteiger charge is -2.15. The maximum atomic E-state index is 11.8. The van der Waals surface area contributed by atoms with Crippen LogP contribution in [0.25, 0.3) is 0 Å². The molecule has 1 atom stereocenters. The summed E-state index contributed by atoms with van der Waals surface area (Å²) in [5, 5.41) is 12.0. The van der Waals surface area contributed by atoms with Crippen molar-refractivity contribution in [2.45, 2.75) is 25.8 Å². The fraction of sp³-hybridized carbons (Fsp3) is 0.455. The number of nitrogens with one attached hydrogen (secondary N) is 1. The molecule has 5 heteroatoms. The topological polar surface area (TPSA) is 62.2 Å². The maximum absolute atomic E-state index is 11.8. The van der Waals surface area contributed by atoms with E-state index in [1.807, 2.05) is 6.92 Å². The van der Waals surface area contributed by atoms with Gasteiger partial charge in [0.15, 0.2) is 0 Å². The average Bonchev–Trinajstić information content (AvgIpc) is 2.28. The van der Waals surface area contributed by atoms with Crippen LogP contribution in [0.2, 0.25) is 5.02 Å². The van der Waals surface area contributed by atoms with Gasteiger partial charge in [-0.15, -0.1) is 0 Å². The van der Waals surface area contributed by atoms with Crippen LogP contribution in [0, 0.1) is 0 Å². The first-order valence-corrected chi connectivity index (χ1v) is 5.58. The van der Waals surface area contributed by atoms with Crippen LogP contribution in [-0.2, 0) is 0 Å². The maximum Gasteiger partial charge on any atom is 0.253 e. The van der Waals surface area contributed by atoms with Gasteiger partial charge in [-0.1, -0.05) is 18.5 Å². The number of rotatable bonds is 5. The summed E-state index contributed by atoms with van der Waals surface area (Å²) in [6, 6.07) is 1.55. The molecule has 0 aliphatic heterocycles. The van der Waals surface area contributed by atoms with Crippen LogP contribution < -0.4 is 5.32 Å². The van der Waals surface area contributed by atoms with E-state index < -0.39 is 0 Å². The highest BCUT2D eigenvalue weighted by Crippen LogP contribution is 2.13. The van der Waals surface area contributed by atoms with Gasteiger partial charge in [0.05, 0.1) is 10.6 Å². The molecule has 0 aliphatic carbocycles. The van der Waals surface area contributed by atoms with Gasteiger partial charge in [-0.25, -0.2) is 0 Å². The minimum Gasteiger partial charge on any atom is -0.396 e. The van der Waals surface area contributed by atoms with E-state index >= 15 is 0 Å². The molecule has 16 heavy (non-hydrogen) atoms. The molecule has 88 valence electrons. The second kappa shape index (κ2) is 6.45. The van der Waals surface area contributed by atoms with Crippen molar-refractivity contribution in [3.63, 3.8) is 0 Å². The molecule has 0 aliphatic rings. The van der Waals surface area contributed by atoms with Crippen molar-refractivity contribution in [1.29, 1.82) is 0 Å². The minimum atomic E-state index is -0.229. The van der Waals surface area contributed by atoms with Crippen LogP contribution >= 0.6 is 11.6 Å². The largest absolute Gasteiger partial charge is 0.396 e. The Balaban J connectivity index is 2.68. The van der Waals surface area contributed by atoms with Crippen molar-refractivity contribution in [2.75, 3.05) is 6.61 Å². The molecule has 0 radical (unpaired) electrons. The molecule has 0 saturated heterocycles. The zero-order valence-electron chi connectivity index (χ0n) is 9.11. The Kier molecular flexibility index (Phi) is 5.22. The number of pyridine rings is 1. The molecule has 4 nitrogen and oxygen atoms in total. The molecule has 0 bridgehead atoms. The third-order valence-electron chi connectivity index (χ3n) is 2.32. The highest BCUT2D eigenvalue weighted by Gasteiger charge is 2.14. The zero-order chi connectivity index (χ0) is 12.0. The van der Waals surface area contributed by atoms with E-state index in [1.54, 1.807) is 6.07 Å². The second-order valence-electron chi connectivity index (χ2n) is 3.45. The summed E-state index contributed by atoms with van der Waals surface area (Å²) in [5.74, 6) is -0.229. The number of amides is 1. The van der Waals surface area contributed by atoms with Crippen LogP contribution in [0.3, 0.4) is 0 Å². The molecular formula is C11H15ClN2O2. The third kappa shape index (κ3) is 3.47. The van der Waals surface area contributed by atoms with E-state index in [-0.39, 0.29) is 18.6 Å². The van der Waals surface area contributed by atoms with E-state index in [0.29, 0.717) is 17.0 Å². The molecule has 1 aromatic heterocycles. The molecule has 0 aromatic carbocycles. The van der Waals surface area contributed by atoms with Gasteiger partial charge in [0.1, 0.15) is 0 Å². The van der Waals surface area contributed by atoms with Gasteiger partial charge in [0.25, 0.3) is 5.91 Å². The fourth-order valence-corrected chi connectivity index (χ4v) is 1.56. The van der Waals surface area contributed by atoms with Crippen molar-refractivity contribution in [3.05, 3.63) is 29.0 Å². The van der Waals surface area contributed by atoms with Crippen molar-refractivity contribution < 1.29 is 9.90 Å². The van der Waals surface area contributed by atoms with E-state index in [0.717, 1.165) is 6.42 Å². The number of halogens is 1. The molecular weight excluding hydrogens is 228 g/mol. The molecule has 1 heterocycles. The molecule has 2 N–H and O–H groups in total. The highest BCUT2D eigenvalue weighted by atomic mass is 35.5. The molecule has 0 saturated carbocycles. The normalized spacial score (nSPS) is 12.2. The van der Waals surface area contributed by atoms with Crippen LogP contribution in [0.5, 0.6) is 0 Å². The Bertz CT molecular complexity index is 358. The predicted octanol–water partition coefficient (Wildman–Crippen LogP) is 1.63. The van der Waals surface area contributed by atoms with Crippen LogP contribution in [0.4, 0.5) is 0 Å². The van der Waals surface area contributed by atoms with Gasteiger partial charge >= 0.3 is 0 Å². The van der Waals surface area contributed by atoms with E-state index in [1.165, 1.54) is 12.4 Å². The molecule has 0 spiro atoms. The number of hydrogen-bond donors (Lipinski definition) is 2. The summed E-state index contributed by atoms with van der Waals surface area (Å²) in [7, 11) is 0. The summed E-state index contributed by atoms with van der Waals surface area (Å²) >= 11 is 5.85. The quantitative estimate of drug-likeness (QED) is 0.825. The smallest absolute Gasteiger partial charge is 0.253 e.